The summed E-state index contributed by atoms with van der Waals surface area (Å²) < 4.78 is 76.7. The van der Waals surface area contributed by atoms with E-state index in [2.05, 4.69) is 46.4 Å². The van der Waals surface area contributed by atoms with E-state index in [4.69, 9.17) is 4.98 Å². The van der Waals surface area contributed by atoms with Crippen LogP contribution in [0.15, 0.2) is 237 Å². The van der Waals surface area contributed by atoms with Crippen molar-refractivity contribution in [3.8, 4) is 78.3 Å². The van der Waals surface area contributed by atoms with Crippen molar-refractivity contribution >= 4 is 0 Å². The van der Waals surface area contributed by atoms with Crippen molar-refractivity contribution in [3.63, 3.8) is 0 Å². The van der Waals surface area contributed by atoms with Crippen LogP contribution in [0.1, 0.15) is 33.2 Å². The predicted octanol–water partition coefficient (Wildman–Crippen LogP) is 15.1. The van der Waals surface area contributed by atoms with Crippen LogP contribution in [0.4, 0.5) is 0 Å². The van der Waals surface area contributed by atoms with E-state index in [-0.39, 0.29) is 22.3 Å². The highest BCUT2D eigenvalue weighted by molar-refractivity contribution is 5.93. The summed E-state index contributed by atoms with van der Waals surface area (Å²) in [5.74, 6) is 0. The summed E-state index contributed by atoms with van der Waals surface area (Å²) in [6, 6.07) is 67.5. The molecule has 3 aromatic heterocycles. The van der Waals surface area contributed by atoms with Crippen molar-refractivity contribution in [1.29, 1.82) is 0 Å². The minimum Gasteiger partial charge on any atom is -0.256 e. The first-order chi connectivity index (χ1) is 34.7. The molecule has 10 aromatic rings. The van der Waals surface area contributed by atoms with E-state index in [1.807, 2.05) is 146 Å². The van der Waals surface area contributed by atoms with Crippen LogP contribution in [0.5, 0.6) is 0 Å². The number of nitrogens with zero attached hydrogens (tertiary/aromatic N) is 3. The molecular formula is C61H47N3. The zero-order chi connectivity index (χ0) is 50.1. The van der Waals surface area contributed by atoms with Crippen LogP contribution in [0.25, 0.3) is 78.3 Å². The molecule has 0 N–H and O–H groups in total. The minimum atomic E-state index is -2.81. The number of aryl methyl sites for hydroxylation is 4. The Hall–Kier alpha value is -8.01. The molecule has 0 fully saturated rings. The second kappa shape index (κ2) is 18.9. The topological polar surface area (TPSA) is 38.7 Å². The predicted molar refractivity (Wildman–Crippen MR) is 266 cm³/mol. The monoisotopic (exact) mass is 829 g/mol. The normalized spacial score (nSPS) is 13.8. The first kappa shape index (κ1) is 31.8. The van der Waals surface area contributed by atoms with E-state index in [1.54, 1.807) is 24.3 Å². The lowest BCUT2D eigenvalue weighted by molar-refractivity contribution is 0.923. The smallest absolute Gasteiger partial charge is 0.0708 e. The van der Waals surface area contributed by atoms with Crippen molar-refractivity contribution in [1.82, 2.24) is 15.0 Å². The summed E-state index contributed by atoms with van der Waals surface area (Å²) in [4.78, 5) is 14.1. The zero-order valence-corrected chi connectivity index (χ0v) is 34.9. The number of hydrogen-bond donors (Lipinski definition) is 0. The lowest BCUT2D eigenvalue weighted by Gasteiger charge is -2.18. The average Bonchev–Trinajstić information content (AvgIpc) is 3.43. The fourth-order valence-corrected chi connectivity index (χ4v) is 7.85. The molecule has 0 aliphatic carbocycles. The molecule has 306 valence electrons. The number of pyridine rings is 3. The van der Waals surface area contributed by atoms with Gasteiger partial charge in [-0.2, -0.15) is 0 Å². The number of hydrogen-bond acceptors (Lipinski definition) is 3. The zero-order valence-electron chi connectivity index (χ0n) is 42.9. The molecule has 0 amide bonds. The number of benzene rings is 7. The maximum Gasteiger partial charge on any atom is 0.0708 e. The van der Waals surface area contributed by atoms with Crippen molar-refractivity contribution in [3.05, 3.63) is 259 Å². The van der Waals surface area contributed by atoms with Crippen LogP contribution in [-0.4, -0.2) is 15.0 Å². The molecule has 64 heavy (non-hydrogen) atoms. The highest BCUT2D eigenvalue weighted by Crippen LogP contribution is 2.41. The fraction of sp³-hybridized carbons (Fsp3) is 0.0656. The van der Waals surface area contributed by atoms with Gasteiger partial charge in [0.05, 0.1) is 17.1 Å². The average molecular weight is 830 g/mol. The van der Waals surface area contributed by atoms with Gasteiger partial charge >= 0.3 is 0 Å². The maximum atomic E-state index is 9.70. The molecule has 10 rings (SSSR count). The van der Waals surface area contributed by atoms with Gasteiger partial charge in [-0.05, 0) is 111 Å². The third kappa shape index (κ3) is 9.25. The second-order valence-corrected chi connectivity index (χ2v) is 15.4. The number of aromatic nitrogens is 3. The summed E-state index contributed by atoms with van der Waals surface area (Å²) in [5, 5.41) is 0. The van der Waals surface area contributed by atoms with Gasteiger partial charge in [0, 0.05) is 51.8 Å². The van der Waals surface area contributed by atoms with Crippen LogP contribution in [0, 0.1) is 0 Å². The molecule has 0 saturated heterocycles. The molecule has 0 aliphatic rings. The highest BCUT2D eigenvalue weighted by Gasteiger charge is 2.17. The Labute approximate surface area is 387 Å². The first-order valence-electron chi connectivity index (χ1n) is 25.2. The molecule has 0 spiro atoms. The van der Waals surface area contributed by atoms with Gasteiger partial charge in [-0.25, -0.2) is 0 Å². The lowest BCUT2D eigenvalue weighted by atomic mass is 9.87. The summed E-state index contributed by atoms with van der Waals surface area (Å²) in [5.41, 5.74) is 10.3. The van der Waals surface area contributed by atoms with Gasteiger partial charge in [0.1, 0.15) is 0 Å². The molecular weight excluding hydrogens is 775 g/mol. The third-order valence-electron chi connectivity index (χ3n) is 11.1. The van der Waals surface area contributed by atoms with Crippen LogP contribution in [0.3, 0.4) is 0 Å². The number of rotatable bonds is 13. The lowest BCUT2D eigenvalue weighted by Crippen LogP contribution is -1.99. The van der Waals surface area contributed by atoms with Crippen molar-refractivity contribution in [2.75, 3.05) is 0 Å². The fourth-order valence-electron chi connectivity index (χ4n) is 7.85. The van der Waals surface area contributed by atoms with Gasteiger partial charge in [-0.15, -0.1) is 0 Å². The van der Waals surface area contributed by atoms with E-state index in [0.717, 1.165) is 50.2 Å². The quantitative estimate of drug-likeness (QED) is 0.116. The highest BCUT2D eigenvalue weighted by atomic mass is 14.7. The molecule has 7 aromatic carbocycles. The Morgan fingerprint density at radius 2 is 0.688 bits per heavy atom. The SMILES string of the molecule is [2H]C([2H])(c1ccc(-c2ccccc2)nc1)C([2H])([2H])c1cc(-c2ccccc2-c2cnc(-c3ccccc3)cc2-c2cccc(-c3ccccc3)c2)cc(C([2H])([2H])C([2H])([2H])c2ccc(-c3ccccc3)nc2)c1. The van der Waals surface area contributed by atoms with Gasteiger partial charge in [0.2, 0.25) is 0 Å². The molecule has 3 heterocycles. The molecule has 3 nitrogen and oxygen atoms in total. The Kier molecular flexibility index (Phi) is 9.41. The Morgan fingerprint density at radius 3 is 1.22 bits per heavy atom. The van der Waals surface area contributed by atoms with Crippen LogP contribution < -0.4 is 0 Å². The largest absolute Gasteiger partial charge is 0.256 e. The van der Waals surface area contributed by atoms with Crippen molar-refractivity contribution < 1.29 is 11.0 Å². The molecule has 0 bridgehead atoms. The summed E-state index contributed by atoms with van der Waals surface area (Å²) >= 11 is 0. The Morgan fingerprint density at radius 1 is 0.250 bits per heavy atom. The van der Waals surface area contributed by atoms with E-state index in [1.165, 1.54) is 30.6 Å². The van der Waals surface area contributed by atoms with E-state index >= 15 is 0 Å². The van der Waals surface area contributed by atoms with Gasteiger partial charge in [-0.3, -0.25) is 15.0 Å². The first-order valence-corrected chi connectivity index (χ1v) is 21.2. The second-order valence-electron chi connectivity index (χ2n) is 15.4. The summed E-state index contributed by atoms with van der Waals surface area (Å²) in [6.07, 6.45) is -6.54. The van der Waals surface area contributed by atoms with Gasteiger partial charge in [-0.1, -0.05) is 194 Å². The summed E-state index contributed by atoms with van der Waals surface area (Å²) in [6.45, 7) is 0. The molecule has 0 aliphatic heterocycles. The van der Waals surface area contributed by atoms with Crippen molar-refractivity contribution in [2.24, 2.45) is 0 Å². The van der Waals surface area contributed by atoms with Crippen LogP contribution in [0.2, 0.25) is 0 Å². The minimum absolute atomic E-state index is 0.0191. The Bertz CT molecular complexity index is 3370. The maximum absolute atomic E-state index is 9.70. The Balaban J connectivity index is 1.14. The van der Waals surface area contributed by atoms with E-state index in [9.17, 15) is 11.0 Å². The van der Waals surface area contributed by atoms with E-state index in [0.29, 0.717) is 28.1 Å². The van der Waals surface area contributed by atoms with Crippen LogP contribution in [-0.2, 0) is 25.5 Å². The molecule has 3 heteroatoms. The molecule has 0 unspecified atom stereocenters. The van der Waals surface area contributed by atoms with Gasteiger partial charge in [0.15, 0.2) is 0 Å². The molecule has 0 saturated carbocycles. The molecule has 0 atom stereocenters. The molecule has 0 radical (unpaired) electrons. The van der Waals surface area contributed by atoms with Crippen LogP contribution >= 0.6 is 0 Å². The summed E-state index contributed by atoms with van der Waals surface area (Å²) in [7, 11) is 0. The standard InChI is InChI=1S/C61H47N3/c1-5-16-48(17-6-1)52-24-15-25-53(39-52)57-40-61(51-22-11-4-12-23-51)64-43-58(57)56-27-14-13-26-55(56)54-37-46(30-28-44-32-34-59(62-41-44)49-18-7-2-8-19-49)36-47(38-54)31-29-45-33-35-60(63-42-45)50-20-9-3-10-21-50/h1-27,32-43H,28-31H2/i28D2,29D2,30D2,31D2. The van der Waals surface area contributed by atoms with Crippen molar-refractivity contribution in [2.45, 2.75) is 25.5 Å². The van der Waals surface area contributed by atoms with Gasteiger partial charge in [0.25, 0.3) is 0 Å². The third-order valence-corrected chi connectivity index (χ3v) is 11.1. The van der Waals surface area contributed by atoms with Gasteiger partial charge < -0.3 is 0 Å². The van der Waals surface area contributed by atoms with E-state index < -0.39 is 25.5 Å².